The minimum absolute atomic E-state index is 0.0521. The molecule has 0 radical (unpaired) electrons. The molecule has 5 aliphatic rings. The fourth-order valence-electron chi connectivity index (χ4n) is 7.08. The van der Waals surface area contributed by atoms with Crippen molar-refractivity contribution in [2.75, 3.05) is 19.9 Å². The maximum Gasteiger partial charge on any atom is 0.252 e. The molecule has 7 nitrogen and oxygen atoms in total. The lowest BCUT2D eigenvalue weighted by atomic mass is 9.68. The third-order valence-electron chi connectivity index (χ3n) is 8.33. The Bertz CT molecular complexity index is 666. The Morgan fingerprint density at radius 2 is 1.80 bits per heavy atom. The molecule has 0 aromatic heterocycles. The Hall–Kier alpha value is -1.18. The van der Waals surface area contributed by atoms with E-state index in [0.29, 0.717) is 31.8 Å². The molecule has 168 valence electrons. The first-order valence-corrected chi connectivity index (χ1v) is 12.0. The van der Waals surface area contributed by atoms with Gasteiger partial charge in [0.15, 0.2) is 0 Å². The topological polar surface area (TPSA) is 68.3 Å². The Morgan fingerprint density at radius 3 is 2.57 bits per heavy atom. The van der Waals surface area contributed by atoms with E-state index >= 15 is 0 Å². The second kappa shape index (κ2) is 8.40. The van der Waals surface area contributed by atoms with Crippen LogP contribution in [0.2, 0.25) is 0 Å². The molecule has 2 aliphatic carbocycles. The zero-order chi connectivity index (χ0) is 20.8. The van der Waals surface area contributed by atoms with Crippen LogP contribution in [0.15, 0.2) is 0 Å². The molecule has 2 saturated carbocycles. The van der Waals surface area contributed by atoms with E-state index in [-0.39, 0.29) is 48.3 Å². The highest BCUT2D eigenvalue weighted by atomic mass is 16.7. The molecule has 3 saturated heterocycles. The number of hydrogen-bond acceptors (Lipinski definition) is 5. The maximum absolute atomic E-state index is 13.4. The first-order chi connectivity index (χ1) is 14.5. The van der Waals surface area contributed by atoms with E-state index in [1.807, 2.05) is 0 Å². The summed E-state index contributed by atoms with van der Waals surface area (Å²) in [7, 11) is 0. The van der Waals surface area contributed by atoms with Crippen LogP contribution in [0.1, 0.15) is 65.2 Å². The van der Waals surface area contributed by atoms with Crippen LogP contribution in [-0.4, -0.2) is 78.0 Å². The smallest absolute Gasteiger partial charge is 0.252 e. The summed E-state index contributed by atoms with van der Waals surface area (Å²) >= 11 is 0. The van der Waals surface area contributed by atoms with Gasteiger partial charge < -0.3 is 24.0 Å². The average molecular weight is 421 g/mol. The van der Waals surface area contributed by atoms with E-state index in [2.05, 4.69) is 16.7 Å². The van der Waals surface area contributed by atoms with Crippen molar-refractivity contribution < 1.29 is 23.8 Å². The summed E-state index contributed by atoms with van der Waals surface area (Å²) in [4.78, 5) is 30.0. The molecule has 30 heavy (non-hydrogen) atoms. The van der Waals surface area contributed by atoms with Gasteiger partial charge in [0.2, 0.25) is 5.91 Å². The molecular weight excluding hydrogens is 384 g/mol. The summed E-state index contributed by atoms with van der Waals surface area (Å²) in [5.74, 6) is 1.28. The predicted octanol–water partition coefficient (Wildman–Crippen LogP) is 2.32. The lowest BCUT2D eigenvalue weighted by Crippen LogP contribution is -2.68. The van der Waals surface area contributed by atoms with Crippen molar-refractivity contribution in [1.82, 2.24) is 9.80 Å². The van der Waals surface area contributed by atoms with Gasteiger partial charge in [0.1, 0.15) is 12.9 Å². The van der Waals surface area contributed by atoms with Crippen molar-refractivity contribution in [2.24, 2.45) is 11.8 Å². The molecule has 0 aromatic rings. The summed E-state index contributed by atoms with van der Waals surface area (Å²) in [6.07, 6.45) is 8.40. The van der Waals surface area contributed by atoms with Crippen molar-refractivity contribution in [3.63, 3.8) is 0 Å². The Balaban J connectivity index is 1.38. The Kier molecular flexibility index (Phi) is 5.80. The largest absolute Gasteiger partial charge is 0.368 e. The van der Waals surface area contributed by atoms with Crippen molar-refractivity contribution in [3.8, 4) is 0 Å². The Morgan fingerprint density at radius 1 is 0.933 bits per heavy atom. The lowest BCUT2D eigenvalue weighted by Gasteiger charge is -2.55. The van der Waals surface area contributed by atoms with Crippen LogP contribution >= 0.6 is 0 Å². The maximum atomic E-state index is 13.4. The normalized spacial score (nSPS) is 43.9. The van der Waals surface area contributed by atoms with Crippen molar-refractivity contribution in [2.45, 2.75) is 102 Å². The van der Waals surface area contributed by atoms with Gasteiger partial charge >= 0.3 is 0 Å². The van der Waals surface area contributed by atoms with Gasteiger partial charge in [-0.2, -0.15) is 0 Å². The van der Waals surface area contributed by atoms with Gasteiger partial charge in [-0.1, -0.05) is 6.42 Å². The van der Waals surface area contributed by atoms with Crippen LogP contribution in [0.3, 0.4) is 0 Å². The van der Waals surface area contributed by atoms with Crippen LogP contribution in [0.5, 0.6) is 0 Å². The minimum atomic E-state index is -0.298. The van der Waals surface area contributed by atoms with Gasteiger partial charge in [0.05, 0.1) is 24.3 Å². The number of carbonyl (C=O) groups excluding carboxylic acids is 2. The molecule has 7 heteroatoms. The average Bonchev–Trinajstić information content (AvgIpc) is 3.43. The van der Waals surface area contributed by atoms with Crippen LogP contribution in [0.25, 0.3) is 0 Å². The zero-order valence-electron chi connectivity index (χ0n) is 18.3. The van der Waals surface area contributed by atoms with E-state index in [1.54, 1.807) is 6.92 Å². The molecule has 7 unspecified atom stereocenters. The molecule has 0 bridgehead atoms. The minimum Gasteiger partial charge on any atom is -0.368 e. The molecule has 5 fully saturated rings. The van der Waals surface area contributed by atoms with E-state index in [4.69, 9.17) is 14.2 Å². The quantitative estimate of drug-likeness (QED) is 0.686. The van der Waals surface area contributed by atoms with E-state index < -0.39 is 0 Å². The van der Waals surface area contributed by atoms with Crippen molar-refractivity contribution in [1.29, 1.82) is 0 Å². The first-order valence-electron chi connectivity index (χ1n) is 12.0. The van der Waals surface area contributed by atoms with Crippen LogP contribution < -0.4 is 0 Å². The van der Waals surface area contributed by atoms with Gasteiger partial charge in [0, 0.05) is 26.1 Å². The lowest BCUT2D eigenvalue weighted by molar-refractivity contribution is -0.161. The van der Waals surface area contributed by atoms with Crippen LogP contribution in [0, 0.1) is 11.8 Å². The molecule has 3 aliphatic heterocycles. The molecule has 0 N–H and O–H groups in total. The highest BCUT2D eigenvalue weighted by molar-refractivity contribution is 5.82. The van der Waals surface area contributed by atoms with Crippen molar-refractivity contribution >= 4 is 11.8 Å². The van der Waals surface area contributed by atoms with E-state index in [9.17, 15) is 9.59 Å². The Labute approximate surface area is 179 Å². The summed E-state index contributed by atoms with van der Waals surface area (Å²) in [6.45, 7) is 5.46. The monoisotopic (exact) mass is 420 g/mol. The summed E-state index contributed by atoms with van der Waals surface area (Å²) in [5.41, 5.74) is 0. The summed E-state index contributed by atoms with van der Waals surface area (Å²) in [5, 5.41) is 0. The molecule has 5 rings (SSSR count). The van der Waals surface area contributed by atoms with Gasteiger partial charge in [-0.3, -0.25) is 9.59 Å². The van der Waals surface area contributed by atoms with Gasteiger partial charge in [-0.15, -0.1) is 0 Å². The SMILES string of the molecule is CC(=O)N1C2CCC(C3CCCC4OCOC43)CC2N(C(=O)C2CCCO2)C[C@@H]1C. The van der Waals surface area contributed by atoms with E-state index in [0.717, 1.165) is 38.5 Å². The first kappa shape index (κ1) is 20.7. The highest BCUT2D eigenvalue weighted by Gasteiger charge is 2.51. The number of hydrogen-bond donors (Lipinski definition) is 0. The number of nitrogens with zero attached hydrogens (tertiary/aromatic N) is 2. The zero-order valence-corrected chi connectivity index (χ0v) is 18.3. The summed E-state index contributed by atoms with van der Waals surface area (Å²) in [6, 6.07) is 0.257. The second-order valence-electron chi connectivity index (χ2n) is 10.0. The molecule has 0 aromatic carbocycles. The molecular formula is C23H36N2O5. The number of amides is 2. The second-order valence-corrected chi connectivity index (χ2v) is 10.0. The standard InChI is InChI=1S/C23H36N2O5/c1-14-12-24(23(27)21-7-4-10-28-21)19-11-16(8-9-18(19)25(14)15(2)26)17-5-3-6-20-22(17)30-13-29-20/h14,16-22H,3-13H2,1-2H3/t14-,16?,17?,18?,19?,20?,21?,22?/m0/s1. The fourth-order valence-corrected chi connectivity index (χ4v) is 7.08. The number of carbonyl (C=O) groups is 2. The predicted molar refractivity (Wildman–Crippen MR) is 110 cm³/mol. The molecule has 0 spiro atoms. The number of piperazine rings is 1. The highest BCUT2D eigenvalue weighted by Crippen LogP contribution is 2.45. The van der Waals surface area contributed by atoms with Gasteiger partial charge in [-0.05, 0) is 63.7 Å². The number of fused-ring (bicyclic) bond motifs is 2. The third kappa shape index (κ3) is 3.56. The molecule has 2 amide bonds. The van der Waals surface area contributed by atoms with Crippen LogP contribution in [0.4, 0.5) is 0 Å². The number of ether oxygens (including phenoxy) is 3. The van der Waals surface area contributed by atoms with Gasteiger partial charge in [-0.25, -0.2) is 0 Å². The fraction of sp³-hybridized carbons (Fsp3) is 0.913. The number of rotatable bonds is 2. The molecule has 3 heterocycles. The third-order valence-corrected chi connectivity index (χ3v) is 8.33. The molecule has 8 atom stereocenters. The van der Waals surface area contributed by atoms with Crippen LogP contribution in [-0.2, 0) is 23.8 Å². The van der Waals surface area contributed by atoms with E-state index in [1.165, 1.54) is 12.8 Å². The van der Waals surface area contributed by atoms with Gasteiger partial charge in [0.25, 0.3) is 5.91 Å². The van der Waals surface area contributed by atoms with Crippen molar-refractivity contribution in [3.05, 3.63) is 0 Å². The summed E-state index contributed by atoms with van der Waals surface area (Å²) < 4.78 is 17.6.